The third-order valence-corrected chi connectivity index (χ3v) is 4.83. The van der Waals surface area contributed by atoms with Crippen LogP contribution in [0.15, 0.2) is 11.6 Å². The summed E-state index contributed by atoms with van der Waals surface area (Å²) in [5, 5.41) is 2.37. The third kappa shape index (κ3) is 3.91. The van der Waals surface area contributed by atoms with Crippen LogP contribution in [0, 0.1) is 5.92 Å². The molecule has 1 aromatic carbocycles. The quantitative estimate of drug-likeness (QED) is 0.673. The van der Waals surface area contributed by atoms with Gasteiger partial charge in [-0.15, -0.1) is 0 Å². The molecule has 1 heterocycles. The Balaban J connectivity index is 2.75. The van der Waals surface area contributed by atoms with E-state index >= 15 is 0 Å². The molecule has 0 radical (unpaired) electrons. The molecule has 0 aromatic heterocycles. The van der Waals surface area contributed by atoms with E-state index in [-0.39, 0.29) is 28.9 Å². The van der Waals surface area contributed by atoms with E-state index in [2.05, 4.69) is 5.32 Å². The second-order valence-electron chi connectivity index (χ2n) is 6.48. The topological polar surface area (TPSA) is 47.6 Å². The van der Waals surface area contributed by atoms with E-state index in [1.165, 1.54) is 13.0 Å². The predicted octanol–water partition coefficient (Wildman–Crippen LogP) is 5.01. The van der Waals surface area contributed by atoms with Crippen molar-refractivity contribution in [2.24, 2.45) is 5.92 Å². The number of likely N-dealkylation sites (N-methyl/N-ethyl adjacent to an activating group) is 1. The number of carbonyl (C=O) groups excluding carboxylic acids is 1. The number of halogens is 5. The van der Waals surface area contributed by atoms with Gasteiger partial charge in [0.15, 0.2) is 0 Å². The highest BCUT2D eigenvalue weighted by Gasteiger charge is 2.63. The summed E-state index contributed by atoms with van der Waals surface area (Å²) in [6.45, 7) is 5.27. The van der Waals surface area contributed by atoms with Gasteiger partial charge in [-0.25, -0.2) is 4.79 Å². The minimum atomic E-state index is -4.96. The zero-order chi connectivity index (χ0) is 20.6. The third-order valence-electron chi connectivity index (χ3n) is 4.09. The van der Waals surface area contributed by atoms with Crippen molar-refractivity contribution in [2.75, 3.05) is 13.7 Å². The summed E-state index contributed by atoms with van der Waals surface area (Å²) in [6, 6.07) is 1.44. The zero-order valence-electron chi connectivity index (χ0n) is 15.3. The second kappa shape index (κ2) is 7.89. The normalized spacial score (nSPS) is 19.4. The maximum atomic E-state index is 14.0. The highest BCUT2D eigenvalue weighted by atomic mass is 35.5. The average molecular weight is 426 g/mol. The molecule has 0 saturated heterocycles. The van der Waals surface area contributed by atoms with Crippen LogP contribution in [0.5, 0.6) is 5.75 Å². The highest BCUT2D eigenvalue weighted by Crippen LogP contribution is 2.48. The number of ether oxygens (including phenoxy) is 2. The molecule has 1 aliphatic heterocycles. The Hall–Kier alpha value is -1.44. The van der Waals surface area contributed by atoms with Crippen molar-refractivity contribution >= 4 is 35.2 Å². The van der Waals surface area contributed by atoms with Crippen molar-refractivity contribution < 1.29 is 27.4 Å². The fourth-order valence-electron chi connectivity index (χ4n) is 2.88. The molecule has 0 bridgehead atoms. The van der Waals surface area contributed by atoms with Crippen LogP contribution in [-0.4, -0.2) is 31.5 Å². The van der Waals surface area contributed by atoms with Gasteiger partial charge >= 0.3 is 12.1 Å². The maximum absolute atomic E-state index is 14.0. The van der Waals surface area contributed by atoms with Crippen LogP contribution < -0.4 is 10.1 Å². The highest BCUT2D eigenvalue weighted by molar-refractivity contribution is 6.37. The maximum Gasteiger partial charge on any atom is 0.447 e. The van der Waals surface area contributed by atoms with E-state index in [1.807, 2.05) is 13.8 Å². The summed E-state index contributed by atoms with van der Waals surface area (Å²) in [5.41, 5.74) is -3.14. The van der Waals surface area contributed by atoms with E-state index in [1.54, 1.807) is 0 Å². The second-order valence-corrected chi connectivity index (χ2v) is 7.26. The summed E-state index contributed by atoms with van der Waals surface area (Å²) >= 11 is 12.6. The largest absolute Gasteiger partial charge is 0.462 e. The molecule has 0 amide bonds. The number of alkyl halides is 3. The van der Waals surface area contributed by atoms with E-state index in [0.717, 1.165) is 13.1 Å². The molecule has 0 aliphatic carbocycles. The minimum absolute atomic E-state index is 0.00534. The van der Waals surface area contributed by atoms with Crippen LogP contribution >= 0.6 is 23.2 Å². The van der Waals surface area contributed by atoms with Gasteiger partial charge in [0.25, 0.3) is 5.72 Å². The molecule has 27 heavy (non-hydrogen) atoms. The fraction of sp³-hybridized carbons (Fsp3) is 0.500. The SMILES string of the molecule is CCOC(=O)C1=Cc2cc(Cl)c(CC(C)C)c(Cl)c2OC1(NC)C(F)(F)F. The van der Waals surface area contributed by atoms with Gasteiger partial charge in [0.05, 0.1) is 11.6 Å². The van der Waals surface area contributed by atoms with Gasteiger partial charge < -0.3 is 9.47 Å². The van der Waals surface area contributed by atoms with Gasteiger partial charge in [0.1, 0.15) is 11.3 Å². The lowest BCUT2D eigenvalue weighted by molar-refractivity contribution is -0.245. The van der Waals surface area contributed by atoms with E-state index < -0.39 is 23.4 Å². The zero-order valence-corrected chi connectivity index (χ0v) is 16.8. The van der Waals surface area contributed by atoms with Crippen LogP contribution in [0.25, 0.3) is 6.08 Å². The monoisotopic (exact) mass is 425 g/mol. The number of carbonyl (C=O) groups is 1. The molecule has 2 rings (SSSR count). The van der Waals surface area contributed by atoms with Gasteiger partial charge in [-0.1, -0.05) is 37.0 Å². The molecule has 0 fully saturated rings. The lowest BCUT2D eigenvalue weighted by atomic mass is 9.93. The first-order valence-corrected chi connectivity index (χ1v) is 9.08. The van der Waals surface area contributed by atoms with E-state index in [9.17, 15) is 18.0 Å². The molecule has 1 N–H and O–H groups in total. The number of hydrogen-bond acceptors (Lipinski definition) is 4. The smallest absolute Gasteiger partial charge is 0.447 e. The number of nitrogens with one attached hydrogen (secondary N) is 1. The molecule has 1 aromatic rings. The molecule has 1 unspecified atom stereocenters. The van der Waals surface area contributed by atoms with Crippen LogP contribution in [0.1, 0.15) is 31.9 Å². The molecular formula is C18H20Cl2F3NO3. The van der Waals surface area contributed by atoms with Crippen LogP contribution in [0.4, 0.5) is 13.2 Å². The number of fused-ring (bicyclic) bond motifs is 1. The molecule has 1 atom stereocenters. The standard InChI is InChI=1S/C18H20Cl2F3NO3/c1-5-26-16(25)12-7-10-8-13(19)11(6-9(2)3)14(20)15(10)27-17(12,24-4)18(21,22)23/h7-9,24H,5-6H2,1-4H3. The van der Waals surface area contributed by atoms with Crippen LogP contribution in [0.3, 0.4) is 0 Å². The Kier molecular flexibility index (Phi) is 6.39. The summed E-state index contributed by atoms with van der Waals surface area (Å²) < 4.78 is 52.0. The van der Waals surface area contributed by atoms with Crippen molar-refractivity contribution in [3.8, 4) is 5.75 Å². The van der Waals surface area contributed by atoms with Gasteiger partial charge in [-0.3, -0.25) is 5.32 Å². The first-order valence-electron chi connectivity index (χ1n) is 8.33. The fourth-order valence-corrected chi connectivity index (χ4v) is 3.54. The van der Waals surface area contributed by atoms with E-state index in [0.29, 0.717) is 17.0 Å². The molecule has 1 aliphatic rings. The molecule has 9 heteroatoms. The van der Waals surface area contributed by atoms with Crippen molar-refractivity contribution in [1.29, 1.82) is 0 Å². The van der Waals surface area contributed by atoms with Crippen molar-refractivity contribution in [2.45, 2.75) is 39.1 Å². The Labute approximate surface area is 165 Å². The summed E-state index contributed by atoms with van der Waals surface area (Å²) in [6.07, 6.45) is -3.45. The molecule has 150 valence electrons. The van der Waals surface area contributed by atoms with Gasteiger partial charge in [-0.05, 0) is 44.0 Å². The van der Waals surface area contributed by atoms with Gasteiger partial charge in [-0.2, -0.15) is 13.2 Å². The Morgan fingerprint density at radius 1 is 1.37 bits per heavy atom. The molecular weight excluding hydrogens is 406 g/mol. The van der Waals surface area contributed by atoms with E-state index in [4.69, 9.17) is 32.7 Å². The van der Waals surface area contributed by atoms with Crippen LogP contribution in [0.2, 0.25) is 10.0 Å². The van der Waals surface area contributed by atoms with Crippen LogP contribution in [-0.2, 0) is 16.0 Å². The average Bonchev–Trinajstić information content (AvgIpc) is 2.56. The number of benzene rings is 1. The van der Waals surface area contributed by atoms with Gasteiger partial charge in [0.2, 0.25) is 0 Å². The number of esters is 1. The van der Waals surface area contributed by atoms with Gasteiger partial charge in [0, 0.05) is 10.6 Å². The number of rotatable bonds is 5. The summed E-state index contributed by atoms with van der Waals surface area (Å²) in [7, 11) is 1.05. The Morgan fingerprint density at radius 2 is 2.00 bits per heavy atom. The summed E-state index contributed by atoms with van der Waals surface area (Å²) in [5.74, 6) is -1.16. The Bertz CT molecular complexity index is 778. The molecule has 4 nitrogen and oxygen atoms in total. The lowest BCUT2D eigenvalue weighted by Gasteiger charge is -2.39. The summed E-state index contributed by atoms with van der Waals surface area (Å²) in [4.78, 5) is 12.2. The van der Waals surface area contributed by atoms with Crippen molar-refractivity contribution in [3.63, 3.8) is 0 Å². The van der Waals surface area contributed by atoms with Crippen molar-refractivity contribution in [3.05, 3.63) is 32.8 Å². The minimum Gasteiger partial charge on any atom is -0.462 e. The molecule has 0 spiro atoms. The first kappa shape index (κ1) is 21.9. The number of hydrogen-bond donors (Lipinski definition) is 1. The molecule has 0 saturated carbocycles. The Morgan fingerprint density at radius 3 is 2.48 bits per heavy atom. The first-order chi connectivity index (χ1) is 12.5. The lowest BCUT2D eigenvalue weighted by Crippen LogP contribution is -2.63. The van der Waals surface area contributed by atoms with Crippen molar-refractivity contribution in [1.82, 2.24) is 5.32 Å². The predicted molar refractivity (Wildman–Crippen MR) is 98.1 cm³/mol.